The molecule has 0 amide bonds. The highest BCUT2D eigenvalue weighted by molar-refractivity contribution is 4.78. The molecule has 0 aromatic rings. The fourth-order valence-electron chi connectivity index (χ4n) is 2.07. The predicted molar refractivity (Wildman–Crippen MR) is 63.0 cm³/mol. The lowest BCUT2D eigenvalue weighted by molar-refractivity contribution is -0.184. The molecule has 0 saturated carbocycles. The maximum Gasteiger partial charge on any atom is 0.391 e. The number of rotatable bonds is 3. The largest absolute Gasteiger partial charge is 0.391 e. The number of piperidine rings is 1. The van der Waals surface area contributed by atoms with E-state index in [4.69, 9.17) is 0 Å². The first-order valence-electron chi connectivity index (χ1n) is 6.22. The van der Waals surface area contributed by atoms with Crippen LogP contribution in [0.1, 0.15) is 33.6 Å². The first-order valence-corrected chi connectivity index (χ1v) is 6.22. The standard InChI is InChI=1S/C12H23F3N2/c1-11(2,3)16-6-9-17-7-4-10(5-8-17)12(13,14)15/h10,16H,4-9H2,1-3H3. The van der Waals surface area contributed by atoms with Crippen molar-refractivity contribution in [2.75, 3.05) is 26.2 Å². The summed E-state index contributed by atoms with van der Waals surface area (Å²) in [7, 11) is 0. The Labute approximate surface area is 102 Å². The zero-order chi connectivity index (χ0) is 13.1. The number of likely N-dealkylation sites (tertiary alicyclic amines) is 1. The minimum absolute atomic E-state index is 0.0737. The summed E-state index contributed by atoms with van der Waals surface area (Å²) >= 11 is 0. The number of halogens is 3. The molecule has 5 heteroatoms. The lowest BCUT2D eigenvalue weighted by atomic mass is 9.96. The van der Waals surface area contributed by atoms with E-state index in [0.717, 1.165) is 13.1 Å². The third-order valence-electron chi connectivity index (χ3n) is 3.13. The Morgan fingerprint density at radius 3 is 2.06 bits per heavy atom. The van der Waals surface area contributed by atoms with Gasteiger partial charge in [-0.15, -0.1) is 0 Å². The van der Waals surface area contributed by atoms with E-state index in [2.05, 4.69) is 31.0 Å². The van der Waals surface area contributed by atoms with Crippen molar-refractivity contribution in [2.24, 2.45) is 5.92 Å². The average molecular weight is 252 g/mol. The van der Waals surface area contributed by atoms with Crippen molar-refractivity contribution in [1.82, 2.24) is 10.2 Å². The van der Waals surface area contributed by atoms with Crippen LogP contribution in [-0.4, -0.2) is 42.8 Å². The lowest BCUT2D eigenvalue weighted by Crippen LogP contribution is -2.45. The van der Waals surface area contributed by atoms with Gasteiger partial charge in [-0.1, -0.05) is 0 Å². The minimum Gasteiger partial charge on any atom is -0.311 e. The van der Waals surface area contributed by atoms with Crippen LogP contribution in [0.3, 0.4) is 0 Å². The molecule has 1 aliphatic rings. The van der Waals surface area contributed by atoms with Crippen LogP contribution in [0.25, 0.3) is 0 Å². The fraction of sp³-hybridized carbons (Fsp3) is 1.00. The maximum absolute atomic E-state index is 12.4. The molecule has 1 rings (SSSR count). The molecule has 1 fully saturated rings. The average Bonchev–Trinajstić information content (AvgIpc) is 2.15. The van der Waals surface area contributed by atoms with Gasteiger partial charge in [0, 0.05) is 18.6 Å². The van der Waals surface area contributed by atoms with Crippen molar-refractivity contribution < 1.29 is 13.2 Å². The summed E-state index contributed by atoms with van der Waals surface area (Å²) in [5, 5.41) is 3.35. The highest BCUT2D eigenvalue weighted by Crippen LogP contribution is 2.33. The van der Waals surface area contributed by atoms with Crippen LogP contribution in [0.4, 0.5) is 13.2 Å². The Hall–Kier alpha value is -0.290. The van der Waals surface area contributed by atoms with E-state index in [-0.39, 0.29) is 18.4 Å². The van der Waals surface area contributed by atoms with Gasteiger partial charge in [0.05, 0.1) is 5.92 Å². The Morgan fingerprint density at radius 1 is 1.12 bits per heavy atom. The van der Waals surface area contributed by atoms with Gasteiger partial charge < -0.3 is 10.2 Å². The minimum atomic E-state index is -4.00. The van der Waals surface area contributed by atoms with E-state index in [1.54, 1.807) is 0 Å². The highest BCUT2D eigenvalue weighted by atomic mass is 19.4. The molecule has 0 bridgehead atoms. The molecule has 17 heavy (non-hydrogen) atoms. The predicted octanol–water partition coefficient (Wildman–Crippen LogP) is 2.65. The van der Waals surface area contributed by atoms with Crippen LogP contribution in [0.2, 0.25) is 0 Å². The van der Waals surface area contributed by atoms with Crippen molar-refractivity contribution >= 4 is 0 Å². The smallest absolute Gasteiger partial charge is 0.311 e. The summed E-state index contributed by atoms with van der Waals surface area (Å²) < 4.78 is 37.3. The number of hydrogen-bond donors (Lipinski definition) is 1. The summed E-state index contributed by atoms with van der Waals surface area (Å²) in [6.45, 7) is 9.06. The van der Waals surface area contributed by atoms with Gasteiger partial charge in [0.25, 0.3) is 0 Å². The van der Waals surface area contributed by atoms with Gasteiger partial charge in [-0.2, -0.15) is 13.2 Å². The van der Waals surface area contributed by atoms with Crippen LogP contribution < -0.4 is 5.32 Å². The quantitative estimate of drug-likeness (QED) is 0.830. The number of nitrogens with one attached hydrogen (secondary N) is 1. The van der Waals surface area contributed by atoms with Gasteiger partial charge >= 0.3 is 6.18 Å². The molecule has 1 heterocycles. The molecule has 0 atom stereocenters. The molecule has 1 saturated heterocycles. The van der Waals surface area contributed by atoms with Gasteiger partial charge in [-0.3, -0.25) is 0 Å². The van der Waals surface area contributed by atoms with Crippen LogP contribution in [0.15, 0.2) is 0 Å². The van der Waals surface area contributed by atoms with E-state index in [0.29, 0.717) is 13.1 Å². The number of nitrogens with zero attached hydrogens (tertiary/aromatic N) is 1. The van der Waals surface area contributed by atoms with Crippen molar-refractivity contribution in [3.8, 4) is 0 Å². The number of alkyl halides is 3. The second-order valence-corrected chi connectivity index (χ2v) is 5.83. The Morgan fingerprint density at radius 2 is 1.65 bits per heavy atom. The summed E-state index contributed by atoms with van der Waals surface area (Å²) in [5.74, 6) is -1.09. The van der Waals surface area contributed by atoms with E-state index < -0.39 is 12.1 Å². The van der Waals surface area contributed by atoms with Crippen LogP contribution in [0, 0.1) is 5.92 Å². The third kappa shape index (κ3) is 5.73. The lowest BCUT2D eigenvalue weighted by Gasteiger charge is -2.33. The molecule has 1 aliphatic heterocycles. The van der Waals surface area contributed by atoms with E-state index in [1.165, 1.54) is 0 Å². The zero-order valence-corrected chi connectivity index (χ0v) is 10.9. The molecular weight excluding hydrogens is 229 g/mol. The first-order chi connectivity index (χ1) is 7.68. The topological polar surface area (TPSA) is 15.3 Å². The molecule has 0 aromatic carbocycles. The molecule has 0 spiro atoms. The summed E-state index contributed by atoms with van der Waals surface area (Å²) in [5.41, 5.74) is 0.0737. The van der Waals surface area contributed by atoms with Crippen molar-refractivity contribution in [3.63, 3.8) is 0 Å². The molecule has 0 unspecified atom stereocenters. The highest BCUT2D eigenvalue weighted by Gasteiger charge is 2.40. The van der Waals surface area contributed by atoms with Gasteiger partial charge in [-0.25, -0.2) is 0 Å². The zero-order valence-electron chi connectivity index (χ0n) is 10.9. The molecule has 0 aromatic heterocycles. The SMILES string of the molecule is CC(C)(C)NCCN1CCC(C(F)(F)F)CC1. The molecule has 0 radical (unpaired) electrons. The molecule has 1 N–H and O–H groups in total. The van der Waals surface area contributed by atoms with Gasteiger partial charge in [0.1, 0.15) is 0 Å². The first kappa shape index (κ1) is 14.8. The van der Waals surface area contributed by atoms with Crippen LogP contribution >= 0.6 is 0 Å². The van der Waals surface area contributed by atoms with Gasteiger partial charge in [-0.05, 0) is 46.7 Å². The molecule has 102 valence electrons. The van der Waals surface area contributed by atoms with Crippen molar-refractivity contribution in [1.29, 1.82) is 0 Å². The van der Waals surface area contributed by atoms with Crippen LogP contribution in [-0.2, 0) is 0 Å². The molecule has 0 aliphatic carbocycles. The maximum atomic E-state index is 12.4. The summed E-state index contributed by atoms with van der Waals surface area (Å²) in [6, 6.07) is 0. The monoisotopic (exact) mass is 252 g/mol. The van der Waals surface area contributed by atoms with Crippen molar-refractivity contribution in [2.45, 2.75) is 45.3 Å². The molecule has 2 nitrogen and oxygen atoms in total. The van der Waals surface area contributed by atoms with E-state index in [9.17, 15) is 13.2 Å². The van der Waals surface area contributed by atoms with E-state index >= 15 is 0 Å². The molecular formula is C12H23F3N2. The van der Waals surface area contributed by atoms with Gasteiger partial charge in [0.15, 0.2) is 0 Å². The third-order valence-corrected chi connectivity index (χ3v) is 3.13. The van der Waals surface area contributed by atoms with E-state index in [1.807, 2.05) is 0 Å². The Kier molecular flexibility index (Phi) is 4.84. The Balaban J connectivity index is 2.20. The second kappa shape index (κ2) is 5.57. The normalized spacial score (nSPS) is 20.8. The number of hydrogen-bond acceptors (Lipinski definition) is 2. The van der Waals surface area contributed by atoms with Crippen LogP contribution in [0.5, 0.6) is 0 Å². The Bertz CT molecular complexity index is 222. The summed E-state index contributed by atoms with van der Waals surface area (Å²) in [6.07, 6.45) is -3.51. The van der Waals surface area contributed by atoms with Gasteiger partial charge in [0.2, 0.25) is 0 Å². The van der Waals surface area contributed by atoms with Crippen molar-refractivity contribution in [3.05, 3.63) is 0 Å². The summed E-state index contributed by atoms with van der Waals surface area (Å²) in [4.78, 5) is 2.11. The fourth-order valence-corrected chi connectivity index (χ4v) is 2.07. The second-order valence-electron chi connectivity index (χ2n) is 5.83.